The Bertz CT molecular complexity index is 704. The lowest BCUT2D eigenvalue weighted by molar-refractivity contribution is -0.131. The number of hydrogen-bond acceptors (Lipinski definition) is 5. The molecule has 1 aliphatic rings. The van der Waals surface area contributed by atoms with Gasteiger partial charge in [0.05, 0.1) is 18.6 Å². The van der Waals surface area contributed by atoms with Gasteiger partial charge in [-0.2, -0.15) is 0 Å². The van der Waals surface area contributed by atoms with E-state index in [0.29, 0.717) is 11.8 Å². The number of rotatable bonds is 5. The molecule has 0 saturated carbocycles. The van der Waals surface area contributed by atoms with Gasteiger partial charge in [-0.25, -0.2) is 0 Å². The van der Waals surface area contributed by atoms with Crippen molar-refractivity contribution < 1.29 is 9.53 Å². The summed E-state index contributed by atoms with van der Waals surface area (Å²) in [4.78, 5) is 14.4. The number of hydrogen-bond donors (Lipinski definition) is 0. The van der Waals surface area contributed by atoms with Gasteiger partial charge in [-0.1, -0.05) is 11.8 Å². The van der Waals surface area contributed by atoms with Gasteiger partial charge in [-0.3, -0.25) is 4.79 Å². The highest BCUT2D eigenvalue weighted by molar-refractivity contribution is 7.99. The Balaban J connectivity index is 1.57. The number of benzene rings is 1. The van der Waals surface area contributed by atoms with E-state index in [9.17, 15) is 4.79 Å². The zero-order valence-corrected chi connectivity index (χ0v) is 15.5. The molecular weight excluding hydrogens is 334 g/mol. The lowest BCUT2D eigenvalue weighted by Gasteiger charge is -2.33. The van der Waals surface area contributed by atoms with Crippen LogP contribution in [0.4, 0.5) is 0 Å². The SMILES string of the molecule is COc1ccc(-c2ccc(SCC(=O)N3CCCCC3C)nn2)cc1. The summed E-state index contributed by atoms with van der Waals surface area (Å²) in [5.41, 5.74) is 1.80. The van der Waals surface area contributed by atoms with Crippen LogP contribution in [-0.2, 0) is 4.79 Å². The summed E-state index contributed by atoms with van der Waals surface area (Å²) in [6, 6.07) is 11.9. The largest absolute Gasteiger partial charge is 0.497 e. The van der Waals surface area contributed by atoms with Gasteiger partial charge in [0.15, 0.2) is 0 Å². The summed E-state index contributed by atoms with van der Waals surface area (Å²) in [6.07, 6.45) is 3.43. The van der Waals surface area contributed by atoms with Gasteiger partial charge in [-0.15, -0.1) is 10.2 Å². The van der Waals surface area contributed by atoms with E-state index in [1.165, 1.54) is 18.2 Å². The second kappa shape index (κ2) is 8.34. The van der Waals surface area contributed by atoms with Gasteiger partial charge in [0, 0.05) is 18.2 Å². The molecule has 1 atom stereocenters. The molecule has 5 nitrogen and oxygen atoms in total. The van der Waals surface area contributed by atoms with Gasteiger partial charge < -0.3 is 9.64 Å². The van der Waals surface area contributed by atoms with Crippen molar-refractivity contribution in [1.82, 2.24) is 15.1 Å². The Morgan fingerprint density at radius 3 is 2.64 bits per heavy atom. The Kier molecular flexibility index (Phi) is 5.91. The van der Waals surface area contributed by atoms with Crippen molar-refractivity contribution in [2.75, 3.05) is 19.4 Å². The van der Waals surface area contributed by atoms with E-state index in [4.69, 9.17) is 4.74 Å². The van der Waals surface area contributed by atoms with E-state index in [1.54, 1.807) is 7.11 Å². The summed E-state index contributed by atoms with van der Waals surface area (Å²) < 4.78 is 5.16. The number of ether oxygens (including phenoxy) is 1. The minimum atomic E-state index is 0.193. The van der Waals surface area contributed by atoms with Crippen LogP contribution in [0.15, 0.2) is 41.4 Å². The maximum atomic E-state index is 12.4. The van der Waals surface area contributed by atoms with Crippen LogP contribution in [-0.4, -0.2) is 46.5 Å². The van der Waals surface area contributed by atoms with Crippen molar-refractivity contribution in [3.05, 3.63) is 36.4 Å². The second-order valence-electron chi connectivity index (χ2n) is 6.21. The first-order valence-electron chi connectivity index (χ1n) is 8.58. The number of methoxy groups -OCH3 is 1. The second-order valence-corrected chi connectivity index (χ2v) is 7.20. The summed E-state index contributed by atoms with van der Waals surface area (Å²) in [6.45, 7) is 3.01. The molecule has 1 fully saturated rings. The standard InChI is InChI=1S/C19H23N3O2S/c1-14-5-3-4-12-22(14)19(23)13-25-18-11-10-17(20-21-18)15-6-8-16(24-2)9-7-15/h6-11,14H,3-5,12-13H2,1-2H3. The smallest absolute Gasteiger partial charge is 0.233 e. The number of thioether (sulfide) groups is 1. The minimum Gasteiger partial charge on any atom is -0.497 e. The van der Waals surface area contributed by atoms with Crippen molar-refractivity contribution in [2.24, 2.45) is 0 Å². The Labute approximate surface area is 152 Å². The molecule has 6 heteroatoms. The topological polar surface area (TPSA) is 55.3 Å². The van der Waals surface area contributed by atoms with E-state index in [0.717, 1.165) is 41.4 Å². The number of carbonyl (C=O) groups excluding carboxylic acids is 1. The van der Waals surface area contributed by atoms with Gasteiger partial charge >= 0.3 is 0 Å². The summed E-state index contributed by atoms with van der Waals surface area (Å²) in [7, 11) is 1.65. The van der Waals surface area contributed by atoms with Gasteiger partial charge in [0.2, 0.25) is 5.91 Å². The number of amides is 1. The summed E-state index contributed by atoms with van der Waals surface area (Å²) in [5, 5.41) is 9.29. The molecule has 1 aromatic carbocycles. The predicted molar refractivity (Wildman–Crippen MR) is 99.8 cm³/mol. The third kappa shape index (κ3) is 4.51. The van der Waals surface area contributed by atoms with E-state index in [-0.39, 0.29) is 5.91 Å². The first-order chi connectivity index (χ1) is 12.2. The molecule has 132 valence electrons. The molecule has 0 radical (unpaired) electrons. The number of likely N-dealkylation sites (tertiary alicyclic amines) is 1. The zero-order chi connectivity index (χ0) is 17.6. The molecule has 0 spiro atoms. The Hall–Kier alpha value is -2.08. The highest BCUT2D eigenvalue weighted by atomic mass is 32.2. The van der Waals surface area contributed by atoms with Crippen LogP contribution in [0.1, 0.15) is 26.2 Å². The van der Waals surface area contributed by atoms with Crippen LogP contribution in [0.5, 0.6) is 5.75 Å². The van der Waals surface area contributed by atoms with E-state index in [2.05, 4.69) is 17.1 Å². The van der Waals surface area contributed by atoms with Gasteiger partial charge in [0.1, 0.15) is 10.8 Å². The molecule has 25 heavy (non-hydrogen) atoms. The van der Waals surface area contributed by atoms with Crippen molar-refractivity contribution in [3.8, 4) is 17.0 Å². The van der Waals surface area contributed by atoms with Crippen molar-refractivity contribution in [3.63, 3.8) is 0 Å². The maximum absolute atomic E-state index is 12.4. The molecule has 0 N–H and O–H groups in total. The quantitative estimate of drug-likeness (QED) is 0.765. The average molecular weight is 357 g/mol. The Morgan fingerprint density at radius 2 is 2.00 bits per heavy atom. The normalized spacial score (nSPS) is 17.4. The predicted octanol–water partition coefficient (Wildman–Crippen LogP) is 3.65. The lowest BCUT2D eigenvalue weighted by atomic mass is 10.0. The van der Waals surface area contributed by atoms with E-state index < -0.39 is 0 Å². The van der Waals surface area contributed by atoms with Crippen molar-refractivity contribution in [1.29, 1.82) is 0 Å². The number of nitrogens with zero attached hydrogens (tertiary/aromatic N) is 3. The monoisotopic (exact) mass is 357 g/mol. The summed E-state index contributed by atoms with van der Waals surface area (Å²) in [5.74, 6) is 1.42. The lowest BCUT2D eigenvalue weighted by Crippen LogP contribution is -2.42. The Morgan fingerprint density at radius 1 is 1.20 bits per heavy atom. The molecule has 1 aliphatic heterocycles. The number of carbonyl (C=O) groups is 1. The molecule has 1 saturated heterocycles. The molecule has 3 rings (SSSR count). The fourth-order valence-corrected chi connectivity index (χ4v) is 3.70. The molecule has 1 aromatic heterocycles. The third-order valence-corrected chi connectivity index (χ3v) is 5.40. The van der Waals surface area contributed by atoms with Gasteiger partial charge in [0.25, 0.3) is 0 Å². The molecule has 2 heterocycles. The summed E-state index contributed by atoms with van der Waals surface area (Å²) >= 11 is 1.45. The third-order valence-electron chi connectivity index (χ3n) is 4.49. The highest BCUT2D eigenvalue weighted by Crippen LogP contribution is 2.23. The van der Waals surface area contributed by atoms with Gasteiger partial charge in [-0.05, 0) is 62.6 Å². The van der Waals surface area contributed by atoms with Crippen LogP contribution < -0.4 is 4.74 Å². The fraction of sp³-hybridized carbons (Fsp3) is 0.421. The van der Waals surface area contributed by atoms with Crippen LogP contribution in [0.25, 0.3) is 11.3 Å². The van der Waals surface area contributed by atoms with Crippen molar-refractivity contribution in [2.45, 2.75) is 37.3 Å². The van der Waals surface area contributed by atoms with Crippen molar-refractivity contribution >= 4 is 17.7 Å². The number of piperidine rings is 1. The molecular formula is C19H23N3O2S. The molecule has 2 aromatic rings. The molecule has 0 aliphatic carbocycles. The minimum absolute atomic E-state index is 0.193. The van der Waals surface area contributed by atoms with Crippen LogP contribution >= 0.6 is 11.8 Å². The fourth-order valence-electron chi connectivity index (χ4n) is 3.00. The average Bonchev–Trinajstić information content (AvgIpc) is 2.67. The first kappa shape index (κ1) is 17.7. The molecule has 0 bridgehead atoms. The van der Waals surface area contributed by atoms with E-state index >= 15 is 0 Å². The zero-order valence-electron chi connectivity index (χ0n) is 14.6. The van der Waals surface area contributed by atoms with Crippen LogP contribution in [0, 0.1) is 0 Å². The van der Waals surface area contributed by atoms with Crippen LogP contribution in [0.2, 0.25) is 0 Å². The van der Waals surface area contributed by atoms with E-state index in [1.807, 2.05) is 41.3 Å². The highest BCUT2D eigenvalue weighted by Gasteiger charge is 2.23. The maximum Gasteiger partial charge on any atom is 0.233 e. The molecule has 1 amide bonds. The molecule has 1 unspecified atom stereocenters. The van der Waals surface area contributed by atoms with Crippen LogP contribution in [0.3, 0.4) is 0 Å². The number of aromatic nitrogens is 2. The first-order valence-corrected chi connectivity index (χ1v) is 9.56.